The molecular weight excluding hydrogens is 319 g/mol. The third-order valence-corrected chi connectivity index (χ3v) is 2.72. The van der Waals surface area contributed by atoms with E-state index in [0.29, 0.717) is 20.3 Å². The van der Waals surface area contributed by atoms with Crippen molar-refractivity contribution in [1.29, 1.82) is 0 Å². The Morgan fingerprint density at radius 1 is 1.44 bits per heavy atom. The first kappa shape index (κ1) is 11.0. The van der Waals surface area contributed by atoms with Crippen molar-refractivity contribution < 1.29 is 9.15 Å². The van der Waals surface area contributed by atoms with E-state index in [-0.39, 0.29) is 5.43 Å². The van der Waals surface area contributed by atoms with Crippen LogP contribution in [0.25, 0.3) is 11.0 Å². The number of hydrogen-bond acceptors (Lipinski definition) is 3. The number of hydrogen-bond donors (Lipinski definition) is 0. The summed E-state index contributed by atoms with van der Waals surface area (Å²) in [6, 6.07) is 5.02. The highest BCUT2D eigenvalue weighted by Crippen LogP contribution is 2.19. The summed E-state index contributed by atoms with van der Waals surface area (Å²) in [5, 5.41) is 0.545. The lowest BCUT2D eigenvalue weighted by Crippen LogP contribution is -2.04. The van der Waals surface area contributed by atoms with Gasteiger partial charge in [0.1, 0.15) is 23.7 Å². The van der Waals surface area contributed by atoms with Gasteiger partial charge in [0.15, 0.2) is 0 Å². The second-order valence-electron chi connectivity index (χ2n) is 3.02. The number of rotatable bonds is 1. The molecule has 0 radical (unpaired) electrons. The molecule has 1 aromatic heterocycles. The van der Waals surface area contributed by atoms with Gasteiger partial charge in [-0.1, -0.05) is 5.92 Å². The van der Waals surface area contributed by atoms with E-state index in [1.165, 1.54) is 6.26 Å². The van der Waals surface area contributed by atoms with Crippen LogP contribution in [0.5, 0.6) is 5.75 Å². The Balaban J connectivity index is 2.59. The monoisotopic (exact) mass is 326 g/mol. The SMILES string of the molecule is CC#COc1ccc2c(=O)c(I)coc2c1. The summed E-state index contributed by atoms with van der Waals surface area (Å²) >= 11 is 1.94. The lowest BCUT2D eigenvalue weighted by molar-refractivity contribution is 0.517. The topological polar surface area (TPSA) is 39.4 Å². The lowest BCUT2D eigenvalue weighted by Gasteiger charge is -2.00. The Morgan fingerprint density at radius 3 is 3.00 bits per heavy atom. The summed E-state index contributed by atoms with van der Waals surface area (Å²) in [6.45, 7) is 1.68. The van der Waals surface area contributed by atoms with Crippen molar-refractivity contribution in [3.8, 4) is 17.8 Å². The van der Waals surface area contributed by atoms with Crippen molar-refractivity contribution in [2.24, 2.45) is 0 Å². The van der Waals surface area contributed by atoms with Crippen LogP contribution in [-0.4, -0.2) is 0 Å². The zero-order valence-corrected chi connectivity index (χ0v) is 10.6. The van der Waals surface area contributed by atoms with Gasteiger partial charge in [0.25, 0.3) is 0 Å². The van der Waals surface area contributed by atoms with E-state index < -0.39 is 0 Å². The normalized spacial score (nSPS) is 9.62. The maximum absolute atomic E-state index is 11.7. The number of benzene rings is 1. The van der Waals surface area contributed by atoms with Gasteiger partial charge in [0, 0.05) is 13.0 Å². The molecular formula is C12H7IO3. The van der Waals surface area contributed by atoms with Gasteiger partial charge in [0.05, 0.1) is 8.96 Å². The third kappa shape index (κ3) is 2.04. The van der Waals surface area contributed by atoms with Gasteiger partial charge in [-0.25, -0.2) is 0 Å². The van der Waals surface area contributed by atoms with Crippen molar-refractivity contribution in [2.75, 3.05) is 0 Å². The molecule has 2 aromatic rings. The van der Waals surface area contributed by atoms with Crippen molar-refractivity contribution in [1.82, 2.24) is 0 Å². The van der Waals surface area contributed by atoms with Crippen molar-refractivity contribution in [3.63, 3.8) is 0 Å². The molecule has 0 atom stereocenters. The molecule has 4 heteroatoms. The Bertz CT molecular complexity index is 647. The second-order valence-corrected chi connectivity index (χ2v) is 4.19. The molecule has 0 saturated heterocycles. The number of ether oxygens (including phenoxy) is 1. The zero-order valence-electron chi connectivity index (χ0n) is 8.41. The first-order valence-electron chi connectivity index (χ1n) is 4.52. The zero-order chi connectivity index (χ0) is 11.5. The van der Waals surface area contributed by atoms with Crippen LogP contribution >= 0.6 is 22.6 Å². The smallest absolute Gasteiger partial charge is 0.205 e. The highest BCUT2D eigenvalue weighted by molar-refractivity contribution is 14.1. The van der Waals surface area contributed by atoms with Gasteiger partial charge < -0.3 is 9.15 Å². The largest absolute Gasteiger partial charge is 0.463 e. The summed E-state index contributed by atoms with van der Waals surface area (Å²) < 4.78 is 11.0. The van der Waals surface area contributed by atoms with Crippen molar-refractivity contribution in [2.45, 2.75) is 6.92 Å². The van der Waals surface area contributed by atoms with Crippen LogP contribution in [0.3, 0.4) is 0 Å². The molecule has 2 rings (SSSR count). The first-order valence-corrected chi connectivity index (χ1v) is 5.60. The van der Waals surface area contributed by atoms with E-state index in [4.69, 9.17) is 9.15 Å². The average molecular weight is 326 g/mol. The van der Waals surface area contributed by atoms with E-state index in [9.17, 15) is 4.79 Å². The van der Waals surface area contributed by atoms with Gasteiger partial charge in [-0.05, 0) is 34.7 Å². The minimum absolute atomic E-state index is 0.0324. The molecule has 0 aliphatic heterocycles. The highest BCUT2D eigenvalue weighted by atomic mass is 127. The maximum atomic E-state index is 11.7. The fraction of sp³-hybridized carbons (Fsp3) is 0.0833. The van der Waals surface area contributed by atoms with E-state index in [2.05, 4.69) is 12.0 Å². The summed E-state index contributed by atoms with van der Waals surface area (Å²) in [5.41, 5.74) is 0.468. The molecule has 1 aromatic carbocycles. The van der Waals surface area contributed by atoms with Crippen molar-refractivity contribution >= 4 is 33.6 Å². The fourth-order valence-corrected chi connectivity index (χ4v) is 1.68. The maximum Gasteiger partial charge on any atom is 0.205 e. The van der Waals surface area contributed by atoms with E-state index >= 15 is 0 Å². The van der Waals surface area contributed by atoms with Crippen LogP contribution in [0.15, 0.2) is 33.7 Å². The lowest BCUT2D eigenvalue weighted by atomic mass is 10.2. The second kappa shape index (κ2) is 4.58. The molecule has 0 saturated carbocycles. The molecule has 80 valence electrons. The first-order chi connectivity index (χ1) is 7.72. The Hall–Kier alpha value is -1.48. The quantitative estimate of drug-likeness (QED) is 0.598. The van der Waals surface area contributed by atoms with Gasteiger partial charge in [-0.15, -0.1) is 0 Å². The Kier molecular flexibility index (Phi) is 3.15. The minimum atomic E-state index is -0.0324. The molecule has 0 N–H and O–H groups in total. The predicted octanol–water partition coefficient (Wildman–Crippen LogP) is 2.76. The van der Waals surface area contributed by atoms with Gasteiger partial charge in [0.2, 0.25) is 5.43 Å². The van der Waals surface area contributed by atoms with Crippen LogP contribution in [-0.2, 0) is 0 Å². The molecule has 0 aliphatic rings. The molecule has 1 heterocycles. The van der Waals surface area contributed by atoms with Gasteiger partial charge in [-0.3, -0.25) is 4.79 Å². The van der Waals surface area contributed by atoms with Crippen LogP contribution < -0.4 is 10.2 Å². The predicted molar refractivity (Wildman–Crippen MR) is 69.3 cm³/mol. The van der Waals surface area contributed by atoms with E-state index in [1.807, 2.05) is 22.6 Å². The van der Waals surface area contributed by atoms with Crippen LogP contribution in [0.4, 0.5) is 0 Å². The van der Waals surface area contributed by atoms with Crippen molar-refractivity contribution in [3.05, 3.63) is 38.3 Å². The van der Waals surface area contributed by atoms with Gasteiger partial charge in [-0.2, -0.15) is 0 Å². The highest BCUT2D eigenvalue weighted by Gasteiger charge is 2.05. The van der Waals surface area contributed by atoms with Crippen LogP contribution in [0, 0.1) is 15.6 Å². The van der Waals surface area contributed by atoms with Gasteiger partial charge >= 0.3 is 0 Å². The summed E-state index contributed by atoms with van der Waals surface area (Å²) in [5.74, 6) is 3.18. The average Bonchev–Trinajstić information content (AvgIpc) is 2.31. The molecule has 0 bridgehead atoms. The number of halogens is 1. The fourth-order valence-electron chi connectivity index (χ4n) is 1.26. The summed E-state index contributed by atoms with van der Waals surface area (Å²) in [6.07, 6.45) is 3.92. The molecule has 3 nitrogen and oxygen atoms in total. The Labute approximate surface area is 106 Å². The van der Waals surface area contributed by atoms with E-state index in [0.717, 1.165) is 0 Å². The third-order valence-electron chi connectivity index (χ3n) is 1.97. The molecule has 0 aliphatic carbocycles. The molecule has 0 amide bonds. The molecule has 0 unspecified atom stereocenters. The molecule has 0 spiro atoms. The molecule has 0 fully saturated rings. The van der Waals surface area contributed by atoms with E-state index in [1.54, 1.807) is 25.1 Å². The minimum Gasteiger partial charge on any atom is -0.463 e. The Morgan fingerprint density at radius 2 is 2.25 bits per heavy atom. The summed E-state index contributed by atoms with van der Waals surface area (Å²) in [4.78, 5) is 11.7. The standard InChI is InChI=1S/C12H7IO3/c1-2-5-15-8-3-4-9-11(6-8)16-7-10(13)12(9)14/h3-4,6-7H,1H3. The van der Waals surface area contributed by atoms with Crippen LogP contribution in [0.2, 0.25) is 0 Å². The van der Waals surface area contributed by atoms with Crippen LogP contribution in [0.1, 0.15) is 6.92 Å². The summed E-state index contributed by atoms with van der Waals surface area (Å²) in [7, 11) is 0. The number of fused-ring (bicyclic) bond motifs is 1. The molecule has 16 heavy (non-hydrogen) atoms.